The lowest BCUT2D eigenvalue weighted by Gasteiger charge is -2.11. The van der Waals surface area contributed by atoms with Gasteiger partial charge in [-0.3, -0.25) is 0 Å². The summed E-state index contributed by atoms with van der Waals surface area (Å²) in [6.45, 7) is 4.61. The molecular weight excluding hydrogens is 469 g/mol. The fourth-order valence-electron chi connectivity index (χ4n) is 2.88. The third-order valence-electron chi connectivity index (χ3n) is 4.27. The predicted octanol–water partition coefficient (Wildman–Crippen LogP) is 3.73. The van der Waals surface area contributed by atoms with Gasteiger partial charge in [0.05, 0.1) is 13.7 Å². The molecule has 7 heteroatoms. The number of aryl methyl sites for hydroxylation is 1. The molecule has 0 aliphatic carbocycles. The van der Waals surface area contributed by atoms with Gasteiger partial charge in [-0.25, -0.2) is 4.99 Å². The van der Waals surface area contributed by atoms with Crippen LogP contribution >= 0.6 is 24.0 Å². The van der Waals surface area contributed by atoms with Crippen LogP contribution in [0.3, 0.4) is 0 Å². The number of ether oxygens (including phenoxy) is 3. The maximum Gasteiger partial charge on any atom is 0.231 e. The first-order valence-corrected chi connectivity index (χ1v) is 9.32. The molecule has 0 saturated carbocycles. The number of benzene rings is 2. The van der Waals surface area contributed by atoms with Crippen molar-refractivity contribution < 1.29 is 14.2 Å². The average molecular weight is 497 g/mol. The zero-order chi connectivity index (χ0) is 18.9. The molecule has 0 aromatic heterocycles. The number of guanidine groups is 1. The second-order valence-electron chi connectivity index (χ2n) is 6.26. The summed E-state index contributed by atoms with van der Waals surface area (Å²) < 4.78 is 16.0. The zero-order valence-electron chi connectivity index (χ0n) is 16.4. The fourth-order valence-corrected chi connectivity index (χ4v) is 2.88. The zero-order valence-corrected chi connectivity index (χ0v) is 18.7. The van der Waals surface area contributed by atoms with Crippen LogP contribution < -0.4 is 24.8 Å². The van der Waals surface area contributed by atoms with E-state index < -0.39 is 0 Å². The number of halogens is 1. The van der Waals surface area contributed by atoms with Crippen LogP contribution in [0.25, 0.3) is 0 Å². The highest BCUT2D eigenvalue weighted by atomic mass is 127. The largest absolute Gasteiger partial charge is 0.497 e. The van der Waals surface area contributed by atoms with E-state index >= 15 is 0 Å². The standard InChI is InChI=1S/C21H27N3O3.HI/c1-3-22-21(23-11-5-7-16-6-4-8-18(12-16)25-2)24-14-17-9-10-19-20(13-17)27-15-26-19;/h4,6,8-10,12-13H,3,5,7,11,14-15H2,1-2H3,(H2,22,23,24);1H. The molecule has 2 aromatic carbocycles. The van der Waals surface area contributed by atoms with Gasteiger partial charge in [-0.2, -0.15) is 0 Å². The normalized spacial score (nSPS) is 12.3. The molecule has 0 unspecified atom stereocenters. The van der Waals surface area contributed by atoms with Crippen LogP contribution in [0, 0.1) is 0 Å². The van der Waals surface area contributed by atoms with Gasteiger partial charge in [0, 0.05) is 13.1 Å². The molecule has 0 atom stereocenters. The quantitative estimate of drug-likeness (QED) is 0.252. The molecule has 0 bridgehead atoms. The Morgan fingerprint density at radius 1 is 1.07 bits per heavy atom. The number of fused-ring (bicyclic) bond motifs is 1. The van der Waals surface area contributed by atoms with Crippen molar-refractivity contribution in [3.8, 4) is 17.2 Å². The molecule has 0 radical (unpaired) electrons. The number of methoxy groups -OCH3 is 1. The molecule has 1 heterocycles. The number of nitrogens with one attached hydrogen (secondary N) is 2. The Hall–Kier alpha value is -2.16. The third kappa shape index (κ3) is 6.47. The topological polar surface area (TPSA) is 64.1 Å². The Kier molecular flexibility index (Phi) is 9.19. The molecular formula is C21H28IN3O3. The smallest absolute Gasteiger partial charge is 0.231 e. The van der Waals surface area contributed by atoms with E-state index in [1.165, 1.54) is 5.56 Å². The summed E-state index contributed by atoms with van der Waals surface area (Å²) in [5, 5.41) is 6.68. The number of hydrogen-bond donors (Lipinski definition) is 2. The number of rotatable bonds is 8. The molecule has 1 aliphatic rings. The van der Waals surface area contributed by atoms with Gasteiger partial charge in [0.15, 0.2) is 17.5 Å². The summed E-state index contributed by atoms with van der Waals surface area (Å²) in [4.78, 5) is 4.66. The average Bonchev–Trinajstić information content (AvgIpc) is 3.17. The van der Waals surface area contributed by atoms with Gasteiger partial charge in [0.25, 0.3) is 0 Å². The second kappa shape index (κ2) is 11.6. The molecule has 1 aliphatic heterocycles. The van der Waals surface area contributed by atoms with E-state index in [0.29, 0.717) is 13.3 Å². The summed E-state index contributed by atoms with van der Waals surface area (Å²) in [5.41, 5.74) is 2.37. The van der Waals surface area contributed by atoms with Crippen molar-refractivity contribution in [2.75, 3.05) is 27.0 Å². The van der Waals surface area contributed by atoms with E-state index in [9.17, 15) is 0 Å². The maximum absolute atomic E-state index is 5.42. The first-order valence-electron chi connectivity index (χ1n) is 9.32. The molecule has 3 rings (SSSR count). The molecule has 0 fully saturated rings. The van der Waals surface area contributed by atoms with Gasteiger partial charge in [-0.1, -0.05) is 18.2 Å². The Morgan fingerprint density at radius 3 is 2.75 bits per heavy atom. The minimum atomic E-state index is 0. The lowest BCUT2D eigenvalue weighted by Crippen LogP contribution is -2.37. The fraction of sp³-hybridized carbons (Fsp3) is 0.381. The van der Waals surface area contributed by atoms with E-state index in [4.69, 9.17) is 14.2 Å². The Bertz CT molecular complexity index is 783. The number of nitrogens with zero attached hydrogens (tertiary/aromatic N) is 1. The lowest BCUT2D eigenvalue weighted by molar-refractivity contribution is 0.174. The van der Waals surface area contributed by atoms with Crippen LogP contribution in [0.5, 0.6) is 17.2 Å². The molecule has 2 N–H and O–H groups in total. The molecule has 28 heavy (non-hydrogen) atoms. The molecule has 152 valence electrons. The predicted molar refractivity (Wildman–Crippen MR) is 122 cm³/mol. The van der Waals surface area contributed by atoms with Crippen molar-refractivity contribution in [2.24, 2.45) is 4.99 Å². The summed E-state index contributed by atoms with van der Waals surface area (Å²) in [6.07, 6.45) is 2.01. The van der Waals surface area contributed by atoms with E-state index in [0.717, 1.165) is 54.7 Å². The summed E-state index contributed by atoms with van der Waals surface area (Å²) in [6, 6.07) is 14.1. The number of aliphatic imine (C=N–C) groups is 1. The van der Waals surface area contributed by atoms with E-state index in [2.05, 4.69) is 34.7 Å². The van der Waals surface area contributed by atoms with Gasteiger partial charge in [-0.05, 0) is 55.2 Å². The molecule has 6 nitrogen and oxygen atoms in total. The molecule has 0 spiro atoms. The first kappa shape index (κ1) is 22.1. The van der Waals surface area contributed by atoms with Crippen molar-refractivity contribution in [1.29, 1.82) is 0 Å². The Labute approximate surface area is 183 Å². The highest BCUT2D eigenvalue weighted by Gasteiger charge is 2.12. The minimum absolute atomic E-state index is 0. The summed E-state index contributed by atoms with van der Waals surface area (Å²) in [7, 11) is 1.69. The number of hydrogen-bond acceptors (Lipinski definition) is 4. The monoisotopic (exact) mass is 497 g/mol. The summed E-state index contributed by atoms with van der Waals surface area (Å²) >= 11 is 0. The van der Waals surface area contributed by atoms with Crippen molar-refractivity contribution in [2.45, 2.75) is 26.3 Å². The first-order chi connectivity index (χ1) is 13.3. The van der Waals surface area contributed by atoms with Crippen LogP contribution in [0.4, 0.5) is 0 Å². The molecule has 2 aromatic rings. The molecule has 0 saturated heterocycles. The van der Waals surface area contributed by atoms with Crippen LogP contribution in [-0.4, -0.2) is 33.0 Å². The Morgan fingerprint density at radius 2 is 1.93 bits per heavy atom. The van der Waals surface area contributed by atoms with Gasteiger partial charge >= 0.3 is 0 Å². The Balaban J connectivity index is 0.00000280. The van der Waals surface area contributed by atoms with Crippen molar-refractivity contribution >= 4 is 29.9 Å². The third-order valence-corrected chi connectivity index (χ3v) is 4.27. The highest BCUT2D eigenvalue weighted by molar-refractivity contribution is 14.0. The van der Waals surface area contributed by atoms with Crippen molar-refractivity contribution in [1.82, 2.24) is 10.6 Å². The lowest BCUT2D eigenvalue weighted by atomic mass is 10.1. The van der Waals surface area contributed by atoms with Gasteiger partial charge in [-0.15, -0.1) is 24.0 Å². The molecule has 0 amide bonds. The van der Waals surface area contributed by atoms with E-state index in [1.807, 2.05) is 30.3 Å². The van der Waals surface area contributed by atoms with Crippen molar-refractivity contribution in [3.05, 3.63) is 53.6 Å². The van der Waals surface area contributed by atoms with Gasteiger partial charge in [0.2, 0.25) is 6.79 Å². The minimum Gasteiger partial charge on any atom is -0.497 e. The van der Waals surface area contributed by atoms with Crippen LogP contribution in [0.15, 0.2) is 47.5 Å². The highest BCUT2D eigenvalue weighted by Crippen LogP contribution is 2.32. The van der Waals surface area contributed by atoms with E-state index in [1.54, 1.807) is 7.11 Å². The maximum atomic E-state index is 5.42. The van der Waals surface area contributed by atoms with Gasteiger partial charge < -0.3 is 24.8 Å². The second-order valence-corrected chi connectivity index (χ2v) is 6.26. The van der Waals surface area contributed by atoms with Crippen LogP contribution in [0.2, 0.25) is 0 Å². The van der Waals surface area contributed by atoms with E-state index in [-0.39, 0.29) is 24.0 Å². The SMILES string of the molecule is CCNC(=NCc1ccc2c(c1)OCO2)NCCCc1cccc(OC)c1.I. The van der Waals surface area contributed by atoms with Gasteiger partial charge in [0.1, 0.15) is 5.75 Å². The van der Waals surface area contributed by atoms with Crippen molar-refractivity contribution in [3.63, 3.8) is 0 Å². The van der Waals surface area contributed by atoms with Crippen LogP contribution in [0.1, 0.15) is 24.5 Å². The summed E-state index contributed by atoms with van der Waals surface area (Å²) in [5.74, 6) is 3.31. The van der Waals surface area contributed by atoms with Crippen LogP contribution in [-0.2, 0) is 13.0 Å².